The number of aliphatic hydroxyl groups excluding tert-OH is 1. The van der Waals surface area contributed by atoms with E-state index in [2.05, 4.69) is 4.74 Å². The highest BCUT2D eigenvalue weighted by molar-refractivity contribution is 8.01. The van der Waals surface area contributed by atoms with E-state index >= 15 is 0 Å². The fraction of sp³-hybridized carbons (Fsp3) is 0.850. The molecule has 198 valence electrons. The average molecular weight is 545 g/mol. The molecule has 4 fully saturated rings. The molecule has 1 saturated carbocycles. The Labute approximate surface area is 203 Å². The molecule has 3 heterocycles. The summed E-state index contributed by atoms with van der Waals surface area (Å²) in [7, 11) is -6.07. The number of carbonyl (C=O) groups is 3. The van der Waals surface area contributed by atoms with Gasteiger partial charge in [-0.05, 0) is 12.8 Å². The highest BCUT2D eigenvalue weighted by Crippen LogP contribution is 2.63. The van der Waals surface area contributed by atoms with Crippen LogP contribution in [0.4, 0.5) is 8.78 Å². The van der Waals surface area contributed by atoms with E-state index in [0.29, 0.717) is 12.8 Å². The van der Waals surface area contributed by atoms with Crippen molar-refractivity contribution in [2.75, 3.05) is 0 Å². The van der Waals surface area contributed by atoms with Crippen LogP contribution >= 0.6 is 11.8 Å². The van der Waals surface area contributed by atoms with Gasteiger partial charge < -0.3 is 24.4 Å². The lowest BCUT2D eigenvalue weighted by Gasteiger charge is -2.39. The summed E-state index contributed by atoms with van der Waals surface area (Å²) in [4.78, 5) is 37.5. The van der Waals surface area contributed by atoms with Crippen LogP contribution < -0.4 is 0 Å². The summed E-state index contributed by atoms with van der Waals surface area (Å²) in [6.07, 6.45) is -2.43. The number of rotatable bonds is 8. The Morgan fingerprint density at radius 3 is 2.31 bits per heavy atom. The molecule has 3 N–H and O–H groups in total. The number of fused-ring (bicyclic) bond motifs is 1. The van der Waals surface area contributed by atoms with Crippen molar-refractivity contribution in [2.45, 2.75) is 79.4 Å². The van der Waals surface area contributed by atoms with Gasteiger partial charge in [0.15, 0.2) is 12.2 Å². The molecule has 9 unspecified atom stereocenters. The summed E-state index contributed by atoms with van der Waals surface area (Å²) in [5.74, 6) is -6.59. The van der Waals surface area contributed by atoms with Crippen molar-refractivity contribution in [3.63, 3.8) is 0 Å². The van der Waals surface area contributed by atoms with Gasteiger partial charge in [0, 0.05) is 5.92 Å². The van der Waals surface area contributed by atoms with E-state index in [1.165, 1.54) is 18.7 Å². The number of aliphatic hydroxyl groups is 2. The van der Waals surface area contributed by atoms with Gasteiger partial charge in [-0.15, -0.1) is 11.8 Å². The molecule has 2 bridgehead atoms. The fourth-order valence-corrected chi connectivity index (χ4v) is 7.92. The summed E-state index contributed by atoms with van der Waals surface area (Å²) in [5.41, 5.74) is -1.08. The Morgan fingerprint density at radius 1 is 1.17 bits per heavy atom. The maximum atomic E-state index is 13.5. The van der Waals surface area contributed by atoms with Crippen molar-refractivity contribution >= 4 is 39.8 Å². The van der Waals surface area contributed by atoms with Crippen LogP contribution in [0, 0.1) is 23.7 Å². The second-order valence-corrected chi connectivity index (χ2v) is 12.5. The minimum absolute atomic E-state index is 0.282. The minimum atomic E-state index is -6.07. The SMILES string of the molecule is CC(C(=O)OC1C2OC(=O)C3C2SC1C3C1(O)CCCC1)C(C)C(=O)OC(O)C(F)(F)S(=O)(=O)O. The topological polar surface area (TPSA) is 174 Å². The molecule has 9 atom stereocenters. The lowest BCUT2D eigenvalue weighted by molar-refractivity contribution is -0.210. The lowest BCUT2D eigenvalue weighted by Crippen LogP contribution is -2.53. The Kier molecular flexibility index (Phi) is 6.65. The first-order chi connectivity index (χ1) is 16.1. The van der Waals surface area contributed by atoms with Crippen molar-refractivity contribution in [1.29, 1.82) is 0 Å². The summed E-state index contributed by atoms with van der Waals surface area (Å²) in [6, 6.07) is 0. The molecule has 3 saturated heterocycles. The van der Waals surface area contributed by atoms with Gasteiger partial charge in [0.2, 0.25) is 0 Å². The number of ether oxygens (including phenoxy) is 3. The lowest BCUT2D eigenvalue weighted by atomic mass is 9.69. The van der Waals surface area contributed by atoms with Crippen molar-refractivity contribution < 1.29 is 60.6 Å². The van der Waals surface area contributed by atoms with Crippen LogP contribution in [0.1, 0.15) is 39.5 Å². The first kappa shape index (κ1) is 26.5. The molecule has 0 spiro atoms. The summed E-state index contributed by atoms with van der Waals surface area (Å²) >= 11 is 1.43. The molecule has 1 aliphatic carbocycles. The van der Waals surface area contributed by atoms with Crippen molar-refractivity contribution in [2.24, 2.45) is 23.7 Å². The van der Waals surface area contributed by atoms with E-state index in [9.17, 15) is 41.8 Å². The zero-order valence-electron chi connectivity index (χ0n) is 18.7. The van der Waals surface area contributed by atoms with Gasteiger partial charge in [-0.3, -0.25) is 18.9 Å². The third-order valence-corrected chi connectivity index (χ3v) is 10.2. The first-order valence-electron chi connectivity index (χ1n) is 11.1. The first-order valence-corrected chi connectivity index (χ1v) is 13.5. The number of thioether (sulfide) groups is 1. The predicted octanol–water partition coefficient (Wildman–Crippen LogP) is 0.473. The average Bonchev–Trinajstić information content (AvgIpc) is 3.50. The van der Waals surface area contributed by atoms with Crippen LogP contribution in [-0.2, 0) is 38.7 Å². The maximum Gasteiger partial charge on any atom is 0.430 e. The van der Waals surface area contributed by atoms with Crippen LogP contribution in [0.3, 0.4) is 0 Å². The van der Waals surface area contributed by atoms with Gasteiger partial charge in [0.25, 0.3) is 6.29 Å². The van der Waals surface area contributed by atoms with E-state index in [0.717, 1.165) is 19.8 Å². The highest BCUT2D eigenvalue weighted by atomic mass is 32.2. The zero-order valence-corrected chi connectivity index (χ0v) is 20.3. The molecule has 3 aliphatic heterocycles. The van der Waals surface area contributed by atoms with E-state index in [-0.39, 0.29) is 5.25 Å². The Morgan fingerprint density at radius 2 is 1.74 bits per heavy atom. The number of alkyl halides is 2. The van der Waals surface area contributed by atoms with Crippen molar-refractivity contribution in [3.8, 4) is 0 Å². The Bertz CT molecular complexity index is 1010. The minimum Gasteiger partial charge on any atom is -0.457 e. The normalized spacial score (nSPS) is 35.9. The van der Waals surface area contributed by atoms with Gasteiger partial charge in [0.05, 0.1) is 33.9 Å². The number of esters is 3. The molecule has 0 amide bonds. The molecular weight excluding hydrogens is 518 g/mol. The largest absolute Gasteiger partial charge is 0.457 e. The molecule has 0 aromatic rings. The Hall–Kier alpha value is -1.55. The van der Waals surface area contributed by atoms with E-state index < -0.39 is 86.3 Å². The molecule has 0 aromatic heterocycles. The molecule has 0 aromatic carbocycles. The maximum absolute atomic E-state index is 13.5. The third-order valence-electron chi connectivity index (χ3n) is 7.60. The second-order valence-electron chi connectivity index (χ2n) is 9.63. The molecule has 4 aliphatic rings. The number of carbonyl (C=O) groups excluding carboxylic acids is 3. The summed E-state index contributed by atoms with van der Waals surface area (Å²) in [5, 5.41) is 14.6. The third kappa shape index (κ3) is 4.22. The zero-order chi connectivity index (χ0) is 26.1. The second kappa shape index (κ2) is 8.78. The van der Waals surface area contributed by atoms with Crippen molar-refractivity contribution in [3.05, 3.63) is 0 Å². The molecule has 0 radical (unpaired) electrons. The molecule has 4 rings (SSSR count). The summed E-state index contributed by atoms with van der Waals surface area (Å²) < 4.78 is 72.0. The van der Waals surface area contributed by atoms with Gasteiger partial charge >= 0.3 is 33.3 Å². The molecule has 11 nitrogen and oxygen atoms in total. The number of hydrogen-bond donors (Lipinski definition) is 3. The van der Waals surface area contributed by atoms with Crippen LogP contribution in [0.25, 0.3) is 0 Å². The van der Waals surface area contributed by atoms with E-state index in [1.807, 2.05) is 0 Å². The van der Waals surface area contributed by atoms with Crippen LogP contribution in [0.15, 0.2) is 0 Å². The van der Waals surface area contributed by atoms with Gasteiger partial charge in [0.1, 0.15) is 0 Å². The standard InChI is InChI=1S/C20H26F2O11S2/c1-7(8(2)16(24)33-18(26)20(21,22)35(28,29)30)15(23)31-12-11-13-9(17(25)32-11)10(14(12)34-13)19(27)5-3-4-6-19/h7-14,18,26-27H,3-6H2,1-2H3,(H,28,29,30). The smallest absolute Gasteiger partial charge is 0.430 e. The van der Waals surface area contributed by atoms with E-state index in [4.69, 9.17) is 14.0 Å². The van der Waals surface area contributed by atoms with Gasteiger partial charge in [-0.25, -0.2) is 0 Å². The highest BCUT2D eigenvalue weighted by Gasteiger charge is 2.72. The Balaban J connectivity index is 1.43. The molecular formula is C20H26F2O11S2. The van der Waals surface area contributed by atoms with Crippen molar-refractivity contribution in [1.82, 2.24) is 0 Å². The molecule has 35 heavy (non-hydrogen) atoms. The van der Waals surface area contributed by atoms with Gasteiger partial charge in [-0.1, -0.05) is 26.7 Å². The van der Waals surface area contributed by atoms with Gasteiger partial charge in [-0.2, -0.15) is 17.2 Å². The number of halogens is 2. The number of hydrogen-bond acceptors (Lipinski definition) is 11. The fourth-order valence-electron chi connectivity index (χ4n) is 5.48. The van der Waals surface area contributed by atoms with Crippen LogP contribution in [-0.4, -0.2) is 80.9 Å². The quantitative estimate of drug-likeness (QED) is 0.167. The molecule has 15 heteroatoms. The summed E-state index contributed by atoms with van der Waals surface area (Å²) in [6.45, 7) is 2.37. The van der Waals surface area contributed by atoms with E-state index in [1.54, 1.807) is 0 Å². The monoisotopic (exact) mass is 544 g/mol. The van der Waals surface area contributed by atoms with Crippen LogP contribution in [0.2, 0.25) is 0 Å². The van der Waals surface area contributed by atoms with Crippen LogP contribution in [0.5, 0.6) is 0 Å². The predicted molar refractivity (Wildman–Crippen MR) is 112 cm³/mol.